The van der Waals surface area contributed by atoms with Gasteiger partial charge in [0.05, 0.1) is 12.8 Å². The van der Waals surface area contributed by atoms with Crippen LogP contribution in [0.4, 0.5) is 15.3 Å². The maximum atomic E-state index is 14.2. The molecular weight excluding hydrogens is 473 g/mol. The first-order valence-electron chi connectivity index (χ1n) is 14.3. The van der Waals surface area contributed by atoms with E-state index >= 15 is 0 Å². The second-order valence-corrected chi connectivity index (χ2v) is 14.6. The number of anilines is 2. The zero-order valence-corrected chi connectivity index (χ0v) is 24.2. The predicted molar refractivity (Wildman–Crippen MR) is 154 cm³/mol. The van der Waals surface area contributed by atoms with Crippen molar-refractivity contribution in [3.05, 3.63) is 17.7 Å². The molecule has 0 aromatic heterocycles. The molecule has 0 amide bonds. The molecule has 1 saturated carbocycles. The van der Waals surface area contributed by atoms with Crippen LogP contribution in [0.2, 0.25) is 0 Å². The highest BCUT2D eigenvalue weighted by Crippen LogP contribution is 2.50. The van der Waals surface area contributed by atoms with E-state index in [4.69, 9.17) is 4.74 Å². The van der Waals surface area contributed by atoms with Crippen molar-refractivity contribution in [3.63, 3.8) is 0 Å². The van der Waals surface area contributed by atoms with E-state index in [1.165, 1.54) is 56.3 Å². The maximum absolute atomic E-state index is 14.2. The van der Waals surface area contributed by atoms with E-state index in [1.54, 1.807) is 7.11 Å². The molecule has 0 bridgehead atoms. The Morgan fingerprint density at radius 1 is 0.944 bits per heavy atom. The minimum Gasteiger partial charge on any atom is -0.495 e. The SMILES string of the molecule is CCCCN1CCN(c2cc(OC)c(N3CCS(O)(F)CC3)cc2C2CCC(C(C)(C)C)CC2)CC1. The molecule has 206 valence electrons. The Hall–Kier alpha value is -1.18. The second-order valence-electron chi connectivity index (χ2n) is 12.3. The first kappa shape index (κ1) is 27.8. The third-order valence-corrected chi connectivity index (χ3v) is 10.6. The van der Waals surface area contributed by atoms with Crippen LogP contribution >= 0.6 is 10.7 Å². The van der Waals surface area contributed by atoms with Crippen LogP contribution in [0.5, 0.6) is 5.75 Å². The Morgan fingerprint density at radius 3 is 2.11 bits per heavy atom. The quantitative estimate of drug-likeness (QED) is 0.420. The van der Waals surface area contributed by atoms with Gasteiger partial charge in [0.2, 0.25) is 0 Å². The van der Waals surface area contributed by atoms with Gasteiger partial charge < -0.3 is 19.1 Å². The zero-order chi connectivity index (χ0) is 25.9. The summed E-state index contributed by atoms with van der Waals surface area (Å²) in [5, 5.41) is 0. The number of piperazine rings is 1. The average Bonchev–Trinajstić information content (AvgIpc) is 2.87. The summed E-state index contributed by atoms with van der Waals surface area (Å²) < 4.78 is 30.1. The molecule has 1 aromatic rings. The standard InChI is InChI=1S/C29H50FN3O2S/c1-6-7-12-31-13-15-32(16-14-31)26-22-28(35-5)27(33-17-19-36(30,34)20-18-33)21-25(26)23-8-10-24(11-9-23)29(2,3)4/h21-24,34H,6-20H2,1-5H3. The van der Waals surface area contributed by atoms with Gasteiger partial charge in [-0.15, -0.1) is 0 Å². The number of rotatable bonds is 7. The van der Waals surface area contributed by atoms with Gasteiger partial charge in [-0.1, -0.05) is 34.1 Å². The molecule has 0 radical (unpaired) electrons. The van der Waals surface area contributed by atoms with Crippen LogP contribution in [-0.4, -0.2) is 73.9 Å². The van der Waals surface area contributed by atoms with Gasteiger partial charge in [0.1, 0.15) is 5.75 Å². The number of benzene rings is 1. The third kappa shape index (κ3) is 6.63. The molecule has 1 aliphatic carbocycles. The highest BCUT2D eigenvalue weighted by Gasteiger charge is 2.34. The van der Waals surface area contributed by atoms with E-state index in [2.05, 4.69) is 54.5 Å². The molecule has 4 rings (SSSR count). The fourth-order valence-corrected chi connectivity index (χ4v) is 7.61. The van der Waals surface area contributed by atoms with E-state index in [-0.39, 0.29) is 11.5 Å². The van der Waals surface area contributed by atoms with Crippen LogP contribution < -0.4 is 14.5 Å². The van der Waals surface area contributed by atoms with Gasteiger partial charge in [0.15, 0.2) is 0 Å². The Balaban J connectivity index is 1.61. The van der Waals surface area contributed by atoms with Gasteiger partial charge >= 0.3 is 0 Å². The fraction of sp³-hybridized carbons (Fsp3) is 0.793. The van der Waals surface area contributed by atoms with Crippen LogP contribution in [0.3, 0.4) is 0 Å². The van der Waals surface area contributed by atoms with E-state index < -0.39 is 10.7 Å². The molecule has 1 aromatic carbocycles. The Morgan fingerprint density at radius 2 is 1.56 bits per heavy atom. The summed E-state index contributed by atoms with van der Waals surface area (Å²) >= 11 is 0. The van der Waals surface area contributed by atoms with Crippen molar-refractivity contribution in [2.45, 2.75) is 72.1 Å². The summed E-state index contributed by atoms with van der Waals surface area (Å²) in [4.78, 5) is 7.42. The number of unbranched alkanes of at least 4 members (excludes halogenated alkanes) is 1. The van der Waals surface area contributed by atoms with Crippen LogP contribution in [0.15, 0.2) is 12.1 Å². The monoisotopic (exact) mass is 523 g/mol. The van der Waals surface area contributed by atoms with Crippen molar-refractivity contribution in [2.24, 2.45) is 11.3 Å². The van der Waals surface area contributed by atoms with Crippen LogP contribution in [0, 0.1) is 11.3 Å². The predicted octanol–water partition coefficient (Wildman–Crippen LogP) is 6.92. The number of ether oxygens (including phenoxy) is 1. The van der Waals surface area contributed by atoms with Gasteiger partial charge in [-0.05, 0) is 67.5 Å². The number of methoxy groups -OCH3 is 1. The molecule has 7 heteroatoms. The third-order valence-electron chi connectivity index (χ3n) is 8.95. The summed E-state index contributed by atoms with van der Waals surface area (Å²) in [5.41, 5.74) is 4.24. The molecule has 3 aliphatic rings. The summed E-state index contributed by atoms with van der Waals surface area (Å²) in [5.74, 6) is 2.66. The average molecular weight is 524 g/mol. The normalized spacial score (nSPS) is 26.6. The lowest BCUT2D eigenvalue weighted by molar-refractivity contribution is 0.169. The molecular formula is C29H50FN3O2S. The lowest BCUT2D eigenvalue weighted by atomic mass is 9.68. The fourth-order valence-electron chi connectivity index (χ4n) is 6.40. The van der Waals surface area contributed by atoms with Gasteiger partial charge in [-0.25, -0.2) is 0 Å². The van der Waals surface area contributed by atoms with Crippen molar-refractivity contribution in [3.8, 4) is 5.75 Å². The van der Waals surface area contributed by atoms with E-state index in [0.717, 1.165) is 43.5 Å². The summed E-state index contributed by atoms with van der Waals surface area (Å²) in [6.45, 7) is 16.1. The van der Waals surface area contributed by atoms with Gasteiger partial charge in [-0.2, -0.15) is 3.89 Å². The molecule has 2 heterocycles. The van der Waals surface area contributed by atoms with Crippen LogP contribution in [0.25, 0.3) is 0 Å². The number of halogens is 1. The smallest absolute Gasteiger partial charge is 0.144 e. The lowest BCUT2D eigenvalue weighted by Gasteiger charge is -2.42. The molecule has 2 saturated heterocycles. The first-order chi connectivity index (χ1) is 17.1. The lowest BCUT2D eigenvalue weighted by Crippen LogP contribution is -2.47. The molecule has 2 aliphatic heterocycles. The highest BCUT2D eigenvalue weighted by molar-refractivity contribution is 8.24. The van der Waals surface area contributed by atoms with Crippen molar-refractivity contribution in [1.82, 2.24) is 4.90 Å². The van der Waals surface area contributed by atoms with Crippen LogP contribution in [0.1, 0.15) is 77.7 Å². The highest BCUT2D eigenvalue weighted by atomic mass is 32.3. The number of hydrogen-bond donors (Lipinski definition) is 1. The van der Waals surface area contributed by atoms with E-state index in [9.17, 15) is 8.44 Å². The molecule has 1 N–H and O–H groups in total. The topological polar surface area (TPSA) is 39.2 Å². The molecule has 5 nitrogen and oxygen atoms in total. The van der Waals surface area contributed by atoms with Crippen molar-refractivity contribution in [1.29, 1.82) is 0 Å². The minimum atomic E-state index is -2.93. The van der Waals surface area contributed by atoms with Crippen LogP contribution in [-0.2, 0) is 0 Å². The Bertz CT molecular complexity index is 849. The minimum absolute atomic E-state index is 0.226. The van der Waals surface area contributed by atoms with Gasteiger partial charge in [-0.3, -0.25) is 4.90 Å². The summed E-state index contributed by atoms with van der Waals surface area (Å²) in [7, 11) is -1.18. The molecule has 3 fully saturated rings. The van der Waals surface area contributed by atoms with E-state index in [0.29, 0.717) is 24.4 Å². The Kier molecular flexibility index (Phi) is 9.04. The zero-order valence-electron chi connectivity index (χ0n) is 23.4. The van der Waals surface area contributed by atoms with Crippen molar-refractivity contribution < 1.29 is 13.2 Å². The molecule has 36 heavy (non-hydrogen) atoms. The molecule has 0 spiro atoms. The second kappa shape index (κ2) is 11.7. The van der Waals surface area contributed by atoms with Crippen molar-refractivity contribution in [2.75, 3.05) is 74.2 Å². The largest absolute Gasteiger partial charge is 0.495 e. The first-order valence-corrected chi connectivity index (χ1v) is 16.1. The number of nitrogens with zero attached hydrogens (tertiary/aromatic N) is 3. The number of hydrogen-bond acceptors (Lipinski definition) is 5. The van der Waals surface area contributed by atoms with Crippen molar-refractivity contribution >= 4 is 22.1 Å². The molecule has 0 atom stereocenters. The van der Waals surface area contributed by atoms with E-state index in [1.807, 2.05) is 0 Å². The van der Waals surface area contributed by atoms with Gasteiger partial charge in [0, 0.05) is 73.2 Å². The maximum Gasteiger partial charge on any atom is 0.144 e. The van der Waals surface area contributed by atoms with Gasteiger partial charge in [0.25, 0.3) is 0 Å². The molecule has 0 unspecified atom stereocenters. The summed E-state index contributed by atoms with van der Waals surface area (Å²) in [6.07, 6.45) is 7.54. The summed E-state index contributed by atoms with van der Waals surface area (Å²) in [6, 6.07) is 4.64. The Labute approximate surface area is 221 Å².